The number of carbonyl (C=O) groups is 2. The Kier molecular flexibility index (Phi) is 8.25. The number of sulfonamides is 1. The SMILES string of the molecule is Cc1c(C(c2ccccc2)S(=O)(=O)NC(=O)C2COCCN2F)c(=O)oc2cc(OC(=O)N(C)C)c(Cl)cc12. The predicted molar refractivity (Wildman–Crippen MR) is 140 cm³/mol. The van der Waals surface area contributed by atoms with E-state index < -0.39 is 38.9 Å². The van der Waals surface area contributed by atoms with Crippen molar-refractivity contribution in [1.82, 2.24) is 14.7 Å². The Labute approximate surface area is 228 Å². The molecule has 2 atom stereocenters. The van der Waals surface area contributed by atoms with Crippen LogP contribution in [0.25, 0.3) is 11.0 Å². The summed E-state index contributed by atoms with van der Waals surface area (Å²) >= 11 is 6.33. The number of benzene rings is 2. The number of carbonyl (C=O) groups excluding carboxylic acids is 2. The van der Waals surface area contributed by atoms with Gasteiger partial charge in [0.1, 0.15) is 16.9 Å². The van der Waals surface area contributed by atoms with Gasteiger partial charge in [-0.3, -0.25) is 9.52 Å². The molecule has 1 fully saturated rings. The second-order valence-electron chi connectivity index (χ2n) is 8.99. The maximum atomic E-state index is 14.2. The van der Waals surface area contributed by atoms with Crippen molar-refractivity contribution in [3.05, 3.63) is 74.6 Å². The average Bonchev–Trinajstić information content (AvgIpc) is 2.87. The predicted octanol–water partition coefficient (Wildman–Crippen LogP) is 2.94. The van der Waals surface area contributed by atoms with Gasteiger partial charge in [0.05, 0.1) is 30.3 Å². The first-order valence-corrected chi connectivity index (χ1v) is 13.6. The molecule has 0 radical (unpaired) electrons. The highest BCUT2D eigenvalue weighted by molar-refractivity contribution is 7.90. The third-order valence-electron chi connectivity index (χ3n) is 6.11. The van der Waals surface area contributed by atoms with Crippen molar-refractivity contribution in [2.75, 3.05) is 33.9 Å². The monoisotopic (exact) mass is 581 g/mol. The third kappa shape index (κ3) is 5.91. The summed E-state index contributed by atoms with van der Waals surface area (Å²) in [5.74, 6) is -1.21. The molecule has 2 unspecified atom stereocenters. The molecular formula is C25H25ClFN3O8S. The first-order valence-electron chi connectivity index (χ1n) is 11.7. The summed E-state index contributed by atoms with van der Waals surface area (Å²) in [6.07, 6.45) is -0.715. The molecule has 1 aliphatic rings. The minimum Gasteiger partial charge on any atom is -0.422 e. The van der Waals surface area contributed by atoms with E-state index in [1.807, 2.05) is 4.72 Å². The highest BCUT2D eigenvalue weighted by Gasteiger charge is 2.39. The highest BCUT2D eigenvalue weighted by Crippen LogP contribution is 2.36. The largest absolute Gasteiger partial charge is 0.422 e. The van der Waals surface area contributed by atoms with E-state index in [4.69, 9.17) is 25.5 Å². The van der Waals surface area contributed by atoms with Crippen molar-refractivity contribution < 1.29 is 36.4 Å². The smallest absolute Gasteiger partial charge is 0.414 e. The van der Waals surface area contributed by atoms with Crippen LogP contribution >= 0.6 is 11.6 Å². The van der Waals surface area contributed by atoms with Crippen LogP contribution in [0.1, 0.15) is 21.9 Å². The van der Waals surface area contributed by atoms with E-state index in [2.05, 4.69) is 0 Å². The quantitative estimate of drug-likeness (QED) is 0.344. The van der Waals surface area contributed by atoms with Gasteiger partial charge >= 0.3 is 11.7 Å². The first kappa shape index (κ1) is 28.5. The van der Waals surface area contributed by atoms with Gasteiger partial charge in [0.2, 0.25) is 10.0 Å². The van der Waals surface area contributed by atoms with Crippen LogP contribution < -0.4 is 15.1 Å². The molecule has 2 aromatic carbocycles. The standard InChI is InChI=1S/C25H25ClFN3O8S/c1-14-16-11-17(26)20(38-25(33)29(2)3)12-19(16)37-24(32)21(14)22(15-7-5-4-6-8-15)39(34,35)28-23(31)18-13-36-10-9-30(18)27/h4-8,11-12,18,22H,9-10,13H2,1-3H3,(H,28,31). The van der Waals surface area contributed by atoms with Gasteiger partial charge in [0, 0.05) is 25.5 Å². The molecule has 0 aliphatic carbocycles. The van der Waals surface area contributed by atoms with E-state index >= 15 is 0 Å². The molecule has 11 nitrogen and oxygen atoms in total. The summed E-state index contributed by atoms with van der Waals surface area (Å²) in [4.78, 5) is 39.2. The Hall–Kier alpha value is -3.52. The lowest BCUT2D eigenvalue weighted by atomic mass is 9.99. The molecule has 3 aromatic rings. The van der Waals surface area contributed by atoms with Crippen molar-refractivity contribution in [3.8, 4) is 5.75 Å². The number of fused-ring (bicyclic) bond motifs is 1. The van der Waals surface area contributed by atoms with Crippen LogP contribution in [0.2, 0.25) is 5.02 Å². The van der Waals surface area contributed by atoms with Crippen molar-refractivity contribution >= 4 is 44.6 Å². The summed E-state index contributed by atoms with van der Waals surface area (Å²) in [7, 11) is -1.72. The summed E-state index contributed by atoms with van der Waals surface area (Å²) in [5.41, 5.74) is -0.930. The second kappa shape index (κ2) is 11.3. The zero-order valence-corrected chi connectivity index (χ0v) is 22.7. The molecule has 4 rings (SSSR count). The number of amides is 2. The molecular weight excluding hydrogens is 557 g/mol. The first-order chi connectivity index (χ1) is 18.4. The van der Waals surface area contributed by atoms with E-state index in [1.54, 1.807) is 18.2 Å². The lowest BCUT2D eigenvalue weighted by molar-refractivity contribution is -0.149. The molecule has 2 heterocycles. The fourth-order valence-corrected chi connectivity index (χ4v) is 5.95. The Balaban J connectivity index is 1.83. The van der Waals surface area contributed by atoms with E-state index in [-0.39, 0.29) is 63.3 Å². The van der Waals surface area contributed by atoms with E-state index in [1.165, 1.54) is 50.2 Å². The topological polar surface area (TPSA) is 135 Å². The van der Waals surface area contributed by atoms with E-state index in [9.17, 15) is 27.3 Å². The summed E-state index contributed by atoms with van der Waals surface area (Å²) < 4.78 is 59.2. The van der Waals surface area contributed by atoms with Gasteiger partial charge < -0.3 is 18.8 Å². The summed E-state index contributed by atoms with van der Waals surface area (Å²) in [6.45, 7) is 1.00. The van der Waals surface area contributed by atoms with Crippen LogP contribution in [0, 0.1) is 6.92 Å². The number of ether oxygens (including phenoxy) is 2. The van der Waals surface area contributed by atoms with E-state index in [0.717, 1.165) is 0 Å². The molecule has 1 saturated heterocycles. The van der Waals surface area contributed by atoms with Gasteiger partial charge in [-0.2, -0.15) is 0 Å². The minimum absolute atomic E-state index is 0.00660. The number of aryl methyl sites for hydroxylation is 1. The summed E-state index contributed by atoms with van der Waals surface area (Å²) in [6, 6.07) is 8.88. The van der Waals surface area contributed by atoms with Crippen molar-refractivity contribution in [1.29, 1.82) is 0 Å². The maximum Gasteiger partial charge on any atom is 0.414 e. The molecule has 1 aliphatic heterocycles. The van der Waals surface area contributed by atoms with Crippen LogP contribution in [-0.4, -0.2) is 70.3 Å². The zero-order valence-electron chi connectivity index (χ0n) is 21.1. The number of nitrogens with zero attached hydrogens (tertiary/aromatic N) is 2. The van der Waals surface area contributed by atoms with Crippen LogP contribution in [0.3, 0.4) is 0 Å². The third-order valence-corrected chi connectivity index (χ3v) is 8.02. The van der Waals surface area contributed by atoms with Gasteiger partial charge in [0.25, 0.3) is 5.91 Å². The van der Waals surface area contributed by atoms with Crippen molar-refractivity contribution in [3.63, 3.8) is 0 Å². The Morgan fingerprint density at radius 2 is 1.92 bits per heavy atom. The van der Waals surface area contributed by atoms with Gasteiger partial charge in [-0.15, -0.1) is 9.60 Å². The molecule has 1 N–H and O–H groups in total. The molecule has 14 heteroatoms. The molecule has 0 saturated carbocycles. The maximum absolute atomic E-state index is 14.2. The van der Waals surface area contributed by atoms with Gasteiger partial charge in [-0.1, -0.05) is 41.9 Å². The van der Waals surface area contributed by atoms with E-state index in [0.29, 0.717) is 0 Å². The summed E-state index contributed by atoms with van der Waals surface area (Å²) in [5, 5.41) is -1.22. The number of morpholine rings is 1. The van der Waals surface area contributed by atoms with Crippen LogP contribution in [0.5, 0.6) is 5.75 Å². The van der Waals surface area contributed by atoms with Crippen molar-refractivity contribution in [2.24, 2.45) is 0 Å². The highest BCUT2D eigenvalue weighted by atomic mass is 35.5. The Morgan fingerprint density at radius 3 is 2.56 bits per heavy atom. The normalized spacial score (nSPS) is 17.0. The number of halogens is 2. The van der Waals surface area contributed by atoms with Crippen LogP contribution in [0.4, 0.5) is 9.28 Å². The lowest BCUT2D eigenvalue weighted by Crippen LogP contribution is -2.52. The second-order valence-corrected chi connectivity index (χ2v) is 11.2. The fraction of sp³-hybridized carbons (Fsp3) is 0.320. The van der Waals surface area contributed by atoms with Gasteiger partial charge in [-0.05, 0) is 24.1 Å². The van der Waals surface area contributed by atoms with Gasteiger partial charge in [-0.25, -0.2) is 18.0 Å². The van der Waals surface area contributed by atoms with Crippen LogP contribution in [0.15, 0.2) is 51.7 Å². The molecule has 208 valence electrons. The number of nitrogens with one attached hydrogen (secondary N) is 1. The molecule has 1 aromatic heterocycles. The lowest BCUT2D eigenvalue weighted by Gasteiger charge is -2.28. The number of rotatable bonds is 6. The van der Waals surface area contributed by atoms with Crippen molar-refractivity contribution in [2.45, 2.75) is 18.2 Å². The Bertz CT molecular complexity index is 1580. The molecule has 2 amide bonds. The van der Waals surface area contributed by atoms with Crippen LogP contribution in [-0.2, 0) is 19.6 Å². The fourth-order valence-electron chi connectivity index (χ4n) is 4.11. The number of hydrogen-bond acceptors (Lipinski definition) is 9. The molecule has 0 spiro atoms. The Morgan fingerprint density at radius 1 is 1.23 bits per heavy atom. The minimum atomic E-state index is -4.67. The number of hydrogen-bond donors (Lipinski definition) is 1. The van der Waals surface area contributed by atoms with Gasteiger partial charge in [0.15, 0.2) is 5.75 Å². The zero-order chi connectivity index (χ0) is 28.5. The molecule has 39 heavy (non-hydrogen) atoms. The average molecular weight is 582 g/mol. The molecule has 0 bridgehead atoms.